The van der Waals surface area contributed by atoms with Gasteiger partial charge in [-0.05, 0) is 65.8 Å². The maximum atomic E-state index is 12.8. The lowest BCUT2D eigenvalue weighted by molar-refractivity contribution is -0.121. The molecule has 0 spiro atoms. The summed E-state index contributed by atoms with van der Waals surface area (Å²) in [5, 5.41) is 3.56. The highest BCUT2D eigenvalue weighted by Crippen LogP contribution is 2.26. The average Bonchev–Trinajstić information content (AvgIpc) is 3.25. The molecule has 1 aliphatic carbocycles. The highest BCUT2D eigenvalue weighted by Gasteiger charge is 2.22. The van der Waals surface area contributed by atoms with Crippen molar-refractivity contribution in [2.45, 2.75) is 36.6 Å². The molecule has 0 bridgehead atoms. The topological polar surface area (TPSA) is 63.2 Å². The van der Waals surface area contributed by atoms with E-state index < -0.39 is 15.9 Å². The lowest BCUT2D eigenvalue weighted by atomic mass is 9.98. The molecular formula is C25H24ClNO3S. The molecule has 1 amide bonds. The summed E-state index contributed by atoms with van der Waals surface area (Å²) < 4.78 is 25.6. The molecule has 0 saturated heterocycles. The predicted octanol–water partition coefficient (Wildman–Crippen LogP) is 4.90. The first-order chi connectivity index (χ1) is 14.9. The van der Waals surface area contributed by atoms with E-state index in [1.807, 2.05) is 48.5 Å². The number of sulfone groups is 1. The second-order valence-corrected chi connectivity index (χ2v) is 10.4. The number of hydrogen-bond donors (Lipinski definition) is 1. The van der Waals surface area contributed by atoms with Crippen LogP contribution in [-0.4, -0.2) is 20.1 Å². The number of benzene rings is 3. The molecule has 3 aromatic rings. The number of aryl methyl sites for hydroxylation is 2. The molecule has 0 aromatic heterocycles. The lowest BCUT2D eigenvalue weighted by Gasteiger charge is -2.20. The minimum absolute atomic E-state index is 0.108. The fourth-order valence-electron chi connectivity index (χ4n) is 4.01. The zero-order valence-electron chi connectivity index (χ0n) is 17.1. The fourth-order valence-corrected chi connectivity index (χ4v) is 5.50. The minimum atomic E-state index is -3.53. The van der Waals surface area contributed by atoms with Gasteiger partial charge in [0.2, 0.25) is 5.91 Å². The third-order valence-corrected chi connectivity index (χ3v) is 7.60. The van der Waals surface area contributed by atoms with Crippen molar-refractivity contribution < 1.29 is 13.2 Å². The van der Waals surface area contributed by atoms with Gasteiger partial charge in [-0.3, -0.25) is 4.79 Å². The van der Waals surface area contributed by atoms with E-state index in [2.05, 4.69) is 5.32 Å². The van der Waals surface area contributed by atoms with Gasteiger partial charge in [-0.2, -0.15) is 0 Å². The van der Waals surface area contributed by atoms with Crippen molar-refractivity contribution in [3.05, 3.63) is 100 Å². The molecule has 4 nitrogen and oxygen atoms in total. The Morgan fingerprint density at radius 3 is 2.42 bits per heavy atom. The molecule has 1 N–H and O–H groups in total. The van der Waals surface area contributed by atoms with Crippen LogP contribution in [0.2, 0.25) is 5.02 Å². The van der Waals surface area contributed by atoms with Gasteiger partial charge in [-0.15, -0.1) is 0 Å². The molecular weight excluding hydrogens is 430 g/mol. The van der Waals surface area contributed by atoms with E-state index in [1.54, 1.807) is 24.3 Å². The molecule has 0 saturated carbocycles. The highest BCUT2D eigenvalue weighted by atomic mass is 35.5. The van der Waals surface area contributed by atoms with E-state index in [-0.39, 0.29) is 18.1 Å². The third kappa shape index (κ3) is 5.17. The monoisotopic (exact) mass is 453 g/mol. The van der Waals surface area contributed by atoms with Crippen molar-refractivity contribution in [3.8, 4) is 0 Å². The Kier molecular flexibility index (Phi) is 6.44. The van der Waals surface area contributed by atoms with Crippen molar-refractivity contribution in [2.24, 2.45) is 0 Å². The van der Waals surface area contributed by atoms with Crippen LogP contribution in [0.4, 0.5) is 0 Å². The molecule has 0 aliphatic heterocycles. The standard InChI is InChI=1S/C25H24ClNO3S/c26-22-11-5-10-21(16-22)25(19-6-2-1-3-7-19)27-24(28)14-15-31(29,30)23-13-12-18-8-4-9-20(18)17-23/h1-3,5-7,10-13,16-17,25H,4,8-9,14-15H2,(H,27,28). The molecule has 0 fully saturated rings. The first-order valence-corrected chi connectivity index (χ1v) is 12.4. The summed E-state index contributed by atoms with van der Waals surface area (Å²) in [5.74, 6) is -0.548. The highest BCUT2D eigenvalue weighted by molar-refractivity contribution is 7.91. The van der Waals surface area contributed by atoms with Gasteiger partial charge in [0.25, 0.3) is 0 Å². The van der Waals surface area contributed by atoms with E-state index in [4.69, 9.17) is 11.6 Å². The number of carbonyl (C=O) groups is 1. The Bertz CT molecular complexity index is 1190. The number of carbonyl (C=O) groups excluding carboxylic acids is 1. The summed E-state index contributed by atoms with van der Waals surface area (Å²) >= 11 is 6.15. The Hall–Kier alpha value is -2.63. The predicted molar refractivity (Wildman–Crippen MR) is 123 cm³/mol. The summed E-state index contributed by atoms with van der Waals surface area (Å²) in [4.78, 5) is 13.0. The molecule has 1 aliphatic rings. The number of fused-ring (bicyclic) bond motifs is 1. The van der Waals surface area contributed by atoms with E-state index >= 15 is 0 Å². The van der Waals surface area contributed by atoms with E-state index in [9.17, 15) is 13.2 Å². The lowest BCUT2D eigenvalue weighted by Crippen LogP contribution is -2.30. The van der Waals surface area contributed by atoms with Crippen LogP contribution in [0.3, 0.4) is 0 Å². The van der Waals surface area contributed by atoms with Crippen LogP contribution < -0.4 is 5.32 Å². The molecule has 1 atom stereocenters. The van der Waals surface area contributed by atoms with Crippen LogP contribution in [0, 0.1) is 0 Å². The Labute approximate surface area is 188 Å². The summed E-state index contributed by atoms with van der Waals surface area (Å²) in [6.45, 7) is 0. The summed E-state index contributed by atoms with van der Waals surface area (Å²) in [6, 6.07) is 21.8. The van der Waals surface area contributed by atoms with Gasteiger partial charge in [0.1, 0.15) is 0 Å². The molecule has 0 radical (unpaired) electrons. The zero-order valence-corrected chi connectivity index (χ0v) is 18.6. The SMILES string of the molecule is O=C(CCS(=O)(=O)c1ccc2c(c1)CCC2)NC(c1ccccc1)c1cccc(Cl)c1. The maximum absolute atomic E-state index is 12.8. The van der Waals surface area contributed by atoms with Crippen LogP contribution >= 0.6 is 11.6 Å². The van der Waals surface area contributed by atoms with Crippen molar-refractivity contribution in [1.29, 1.82) is 0 Å². The summed E-state index contributed by atoms with van der Waals surface area (Å²) in [5.41, 5.74) is 4.08. The van der Waals surface area contributed by atoms with Crippen LogP contribution in [0.1, 0.15) is 41.1 Å². The number of amides is 1. The van der Waals surface area contributed by atoms with E-state index in [0.29, 0.717) is 9.92 Å². The first-order valence-electron chi connectivity index (χ1n) is 10.4. The van der Waals surface area contributed by atoms with E-state index in [1.165, 1.54) is 5.56 Å². The summed E-state index contributed by atoms with van der Waals surface area (Å²) in [6.07, 6.45) is 2.87. The largest absolute Gasteiger partial charge is 0.345 e. The van der Waals surface area contributed by atoms with Crippen LogP contribution in [-0.2, 0) is 27.5 Å². The van der Waals surface area contributed by atoms with Crippen molar-refractivity contribution >= 4 is 27.3 Å². The van der Waals surface area contributed by atoms with Gasteiger partial charge in [0.15, 0.2) is 9.84 Å². The summed E-state index contributed by atoms with van der Waals surface area (Å²) in [7, 11) is -3.53. The van der Waals surface area contributed by atoms with Gasteiger partial charge in [-0.25, -0.2) is 8.42 Å². The first kappa shape index (κ1) is 21.6. The quantitative estimate of drug-likeness (QED) is 0.553. The van der Waals surface area contributed by atoms with Gasteiger partial charge in [0, 0.05) is 11.4 Å². The number of rotatable bonds is 7. The third-order valence-electron chi connectivity index (χ3n) is 5.65. The zero-order chi connectivity index (χ0) is 21.8. The van der Waals surface area contributed by atoms with Gasteiger partial charge in [0.05, 0.1) is 16.7 Å². The Balaban J connectivity index is 1.48. The Morgan fingerprint density at radius 1 is 0.903 bits per heavy atom. The molecule has 1 unspecified atom stereocenters. The molecule has 4 rings (SSSR count). The van der Waals surface area contributed by atoms with Crippen LogP contribution in [0.15, 0.2) is 77.7 Å². The van der Waals surface area contributed by atoms with Gasteiger partial charge >= 0.3 is 0 Å². The normalized spacial score (nSPS) is 14.1. The van der Waals surface area contributed by atoms with Crippen molar-refractivity contribution in [3.63, 3.8) is 0 Å². The average molecular weight is 454 g/mol. The van der Waals surface area contributed by atoms with Crippen LogP contribution in [0.25, 0.3) is 0 Å². The smallest absolute Gasteiger partial charge is 0.221 e. The number of halogens is 1. The Morgan fingerprint density at radius 2 is 1.65 bits per heavy atom. The minimum Gasteiger partial charge on any atom is -0.345 e. The molecule has 0 heterocycles. The molecule has 3 aromatic carbocycles. The van der Waals surface area contributed by atoms with Gasteiger partial charge in [-0.1, -0.05) is 60.1 Å². The molecule has 160 valence electrons. The second kappa shape index (κ2) is 9.25. The molecule has 6 heteroatoms. The van der Waals surface area contributed by atoms with E-state index in [0.717, 1.165) is 36.0 Å². The second-order valence-electron chi connectivity index (χ2n) is 7.82. The number of nitrogens with one attached hydrogen (secondary N) is 1. The van der Waals surface area contributed by atoms with Crippen molar-refractivity contribution in [1.82, 2.24) is 5.32 Å². The fraction of sp³-hybridized carbons (Fsp3) is 0.240. The molecule has 31 heavy (non-hydrogen) atoms. The maximum Gasteiger partial charge on any atom is 0.221 e. The van der Waals surface area contributed by atoms with Gasteiger partial charge < -0.3 is 5.32 Å². The van der Waals surface area contributed by atoms with Crippen molar-refractivity contribution in [2.75, 3.05) is 5.75 Å². The number of hydrogen-bond acceptors (Lipinski definition) is 3. The van der Waals surface area contributed by atoms with Crippen LogP contribution in [0.5, 0.6) is 0 Å².